The van der Waals surface area contributed by atoms with Crippen LogP contribution in [-0.2, 0) is 6.42 Å². The molecule has 3 aromatic carbocycles. The average molecular weight is 296 g/mol. The standard InChI is InChI=1S/C19H18ClN/c20-17-10-8-14(9-11-17)12-16(13-21)19-7-3-5-15-4-1-2-6-18(15)19/h1-11,16H,12-13,21H2. The van der Waals surface area contributed by atoms with E-state index >= 15 is 0 Å². The Morgan fingerprint density at radius 1 is 0.857 bits per heavy atom. The van der Waals surface area contributed by atoms with Crippen LogP contribution in [0.15, 0.2) is 66.7 Å². The minimum absolute atomic E-state index is 0.317. The van der Waals surface area contributed by atoms with Crippen LogP contribution in [0.2, 0.25) is 5.02 Å². The zero-order chi connectivity index (χ0) is 14.7. The van der Waals surface area contributed by atoms with Gasteiger partial charge < -0.3 is 5.73 Å². The van der Waals surface area contributed by atoms with Crippen LogP contribution in [0.5, 0.6) is 0 Å². The SMILES string of the molecule is NCC(Cc1ccc(Cl)cc1)c1cccc2ccccc12. The van der Waals surface area contributed by atoms with Crippen molar-refractivity contribution in [2.75, 3.05) is 6.54 Å². The number of hydrogen-bond donors (Lipinski definition) is 1. The molecule has 2 N–H and O–H groups in total. The molecule has 0 heterocycles. The Balaban J connectivity index is 1.96. The molecular weight excluding hydrogens is 278 g/mol. The molecule has 0 bridgehead atoms. The Bertz CT molecular complexity index is 729. The van der Waals surface area contributed by atoms with Crippen LogP contribution >= 0.6 is 11.6 Å². The first kappa shape index (κ1) is 14.1. The van der Waals surface area contributed by atoms with Gasteiger partial charge in [0.25, 0.3) is 0 Å². The third-order valence-electron chi connectivity index (χ3n) is 3.94. The first-order valence-corrected chi connectivity index (χ1v) is 7.58. The molecule has 106 valence electrons. The first-order chi connectivity index (χ1) is 10.3. The molecule has 1 unspecified atom stereocenters. The van der Waals surface area contributed by atoms with Crippen LogP contribution in [0, 0.1) is 0 Å². The van der Waals surface area contributed by atoms with Crippen LogP contribution < -0.4 is 5.73 Å². The average Bonchev–Trinajstić information content (AvgIpc) is 2.54. The Morgan fingerprint density at radius 3 is 2.33 bits per heavy atom. The molecule has 0 fully saturated rings. The maximum atomic E-state index is 6.05. The third-order valence-corrected chi connectivity index (χ3v) is 4.20. The summed E-state index contributed by atoms with van der Waals surface area (Å²) >= 11 is 5.95. The van der Waals surface area contributed by atoms with Crippen molar-refractivity contribution in [2.45, 2.75) is 12.3 Å². The lowest BCUT2D eigenvalue weighted by Gasteiger charge is -2.18. The minimum Gasteiger partial charge on any atom is -0.330 e. The Morgan fingerprint density at radius 2 is 1.57 bits per heavy atom. The van der Waals surface area contributed by atoms with Gasteiger partial charge >= 0.3 is 0 Å². The first-order valence-electron chi connectivity index (χ1n) is 7.20. The number of halogens is 1. The van der Waals surface area contributed by atoms with E-state index < -0.39 is 0 Å². The van der Waals surface area contributed by atoms with Gasteiger partial charge in [-0.15, -0.1) is 0 Å². The van der Waals surface area contributed by atoms with Crippen LogP contribution in [0.3, 0.4) is 0 Å². The van der Waals surface area contributed by atoms with Crippen molar-refractivity contribution < 1.29 is 0 Å². The molecule has 1 nitrogen and oxygen atoms in total. The van der Waals surface area contributed by atoms with Gasteiger partial charge in [-0.25, -0.2) is 0 Å². The summed E-state index contributed by atoms with van der Waals surface area (Å²) in [6, 6.07) is 23.0. The molecule has 0 saturated heterocycles. The Labute approximate surface area is 130 Å². The summed E-state index contributed by atoms with van der Waals surface area (Å²) in [7, 11) is 0. The molecule has 21 heavy (non-hydrogen) atoms. The van der Waals surface area contributed by atoms with E-state index in [-0.39, 0.29) is 0 Å². The summed E-state index contributed by atoms with van der Waals surface area (Å²) < 4.78 is 0. The van der Waals surface area contributed by atoms with E-state index in [4.69, 9.17) is 17.3 Å². The second-order valence-corrected chi connectivity index (χ2v) is 5.77. The zero-order valence-electron chi connectivity index (χ0n) is 11.8. The topological polar surface area (TPSA) is 26.0 Å². The highest BCUT2D eigenvalue weighted by molar-refractivity contribution is 6.30. The van der Waals surface area contributed by atoms with Gasteiger partial charge in [-0.1, -0.05) is 66.2 Å². The summed E-state index contributed by atoms with van der Waals surface area (Å²) in [5.74, 6) is 0.317. The van der Waals surface area contributed by atoms with Gasteiger partial charge in [0.2, 0.25) is 0 Å². The summed E-state index contributed by atoms with van der Waals surface area (Å²) in [5.41, 5.74) is 8.64. The fraction of sp³-hybridized carbons (Fsp3) is 0.158. The smallest absolute Gasteiger partial charge is 0.0406 e. The van der Waals surface area contributed by atoms with Gasteiger partial charge in [-0.05, 0) is 47.0 Å². The highest BCUT2D eigenvalue weighted by atomic mass is 35.5. The molecule has 1 atom stereocenters. The lowest BCUT2D eigenvalue weighted by molar-refractivity contribution is 0.700. The van der Waals surface area contributed by atoms with E-state index in [0.717, 1.165) is 11.4 Å². The second-order valence-electron chi connectivity index (χ2n) is 5.33. The molecule has 3 aromatic rings. The molecule has 0 saturated carbocycles. The molecule has 0 aliphatic heterocycles. The van der Waals surface area contributed by atoms with E-state index in [1.807, 2.05) is 12.1 Å². The van der Waals surface area contributed by atoms with Crippen LogP contribution in [-0.4, -0.2) is 6.54 Å². The molecular formula is C19H18ClN. The van der Waals surface area contributed by atoms with Crippen molar-refractivity contribution in [2.24, 2.45) is 5.73 Å². The van der Waals surface area contributed by atoms with Crippen molar-refractivity contribution in [1.29, 1.82) is 0 Å². The van der Waals surface area contributed by atoms with Crippen molar-refractivity contribution in [3.05, 3.63) is 82.9 Å². The van der Waals surface area contributed by atoms with Gasteiger partial charge in [-0.2, -0.15) is 0 Å². The van der Waals surface area contributed by atoms with Gasteiger partial charge in [0.15, 0.2) is 0 Å². The van der Waals surface area contributed by atoms with Gasteiger partial charge in [0, 0.05) is 10.9 Å². The minimum atomic E-state index is 0.317. The molecule has 0 aliphatic carbocycles. The van der Waals surface area contributed by atoms with E-state index in [9.17, 15) is 0 Å². The van der Waals surface area contributed by atoms with Crippen LogP contribution in [0.4, 0.5) is 0 Å². The van der Waals surface area contributed by atoms with Gasteiger partial charge in [0.05, 0.1) is 0 Å². The molecule has 0 amide bonds. The molecule has 0 aromatic heterocycles. The van der Waals surface area contributed by atoms with Crippen molar-refractivity contribution in [3.63, 3.8) is 0 Å². The predicted octanol–water partition coefficient (Wildman–Crippen LogP) is 4.78. The quantitative estimate of drug-likeness (QED) is 0.736. The van der Waals surface area contributed by atoms with Gasteiger partial charge in [-0.3, -0.25) is 0 Å². The van der Waals surface area contributed by atoms with Crippen molar-refractivity contribution >= 4 is 22.4 Å². The molecule has 0 spiro atoms. The lowest BCUT2D eigenvalue weighted by Crippen LogP contribution is -2.15. The molecule has 3 rings (SSSR count). The number of benzene rings is 3. The normalized spacial score (nSPS) is 12.5. The summed E-state index contributed by atoms with van der Waals surface area (Å²) in [6.07, 6.45) is 0.932. The maximum Gasteiger partial charge on any atom is 0.0406 e. The van der Waals surface area contributed by atoms with Crippen LogP contribution in [0.1, 0.15) is 17.0 Å². The summed E-state index contributed by atoms with van der Waals surface area (Å²) in [4.78, 5) is 0. The van der Waals surface area contributed by atoms with E-state index in [2.05, 4.69) is 54.6 Å². The predicted molar refractivity (Wildman–Crippen MR) is 90.9 cm³/mol. The van der Waals surface area contributed by atoms with E-state index in [1.165, 1.54) is 21.9 Å². The van der Waals surface area contributed by atoms with E-state index in [0.29, 0.717) is 12.5 Å². The highest BCUT2D eigenvalue weighted by Gasteiger charge is 2.13. The highest BCUT2D eigenvalue weighted by Crippen LogP contribution is 2.28. The second kappa shape index (κ2) is 6.30. The summed E-state index contributed by atoms with van der Waals surface area (Å²) in [5, 5.41) is 3.34. The van der Waals surface area contributed by atoms with Gasteiger partial charge in [0.1, 0.15) is 0 Å². The van der Waals surface area contributed by atoms with Crippen LogP contribution in [0.25, 0.3) is 10.8 Å². The third kappa shape index (κ3) is 3.10. The fourth-order valence-corrected chi connectivity index (χ4v) is 2.96. The molecule has 0 aliphatic rings. The van der Waals surface area contributed by atoms with Crippen molar-refractivity contribution in [3.8, 4) is 0 Å². The van der Waals surface area contributed by atoms with E-state index in [1.54, 1.807) is 0 Å². The monoisotopic (exact) mass is 295 g/mol. The Hall–Kier alpha value is -1.83. The number of fused-ring (bicyclic) bond motifs is 1. The lowest BCUT2D eigenvalue weighted by atomic mass is 9.88. The fourth-order valence-electron chi connectivity index (χ4n) is 2.83. The number of hydrogen-bond acceptors (Lipinski definition) is 1. The number of rotatable bonds is 4. The Kier molecular flexibility index (Phi) is 4.23. The molecule has 0 radical (unpaired) electrons. The molecule has 2 heteroatoms. The largest absolute Gasteiger partial charge is 0.330 e. The van der Waals surface area contributed by atoms with Crippen molar-refractivity contribution in [1.82, 2.24) is 0 Å². The maximum absolute atomic E-state index is 6.05. The zero-order valence-corrected chi connectivity index (χ0v) is 12.6. The number of nitrogens with two attached hydrogens (primary N) is 1. The summed E-state index contributed by atoms with van der Waals surface area (Å²) in [6.45, 7) is 0.636.